The van der Waals surface area contributed by atoms with Crippen LogP contribution in [-0.4, -0.2) is 36.9 Å². The first kappa shape index (κ1) is 18.2. The summed E-state index contributed by atoms with van der Waals surface area (Å²) in [6.45, 7) is 3.16. The number of rotatable bonds is 8. The summed E-state index contributed by atoms with van der Waals surface area (Å²) in [4.78, 5) is 11.8. The number of urea groups is 1. The summed E-state index contributed by atoms with van der Waals surface area (Å²) in [5, 5.41) is 19.6. The van der Waals surface area contributed by atoms with E-state index in [1.165, 1.54) is 43.4 Å². The summed E-state index contributed by atoms with van der Waals surface area (Å²) >= 11 is 1.53. The first-order chi connectivity index (χ1) is 11.1. The van der Waals surface area contributed by atoms with Gasteiger partial charge in [-0.1, -0.05) is 19.3 Å². The van der Waals surface area contributed by atoms with Crippen molar-refractivity contribution in [3.05, 3.63) is 22.4 Å². The minimum atomic E-state index is -1.04. The summed E-state index contributed by atoms with van der Waals surface area (Å²) in [6, 6.07) is 1.62. The Morgan fingerprint density at radius 2 is 2.17 bits per heavy atom. The van der Waals surface area contributed by atoms with E-state index in [2.05, 4.69) is 10.6 Å². The second-order valence-electron chi connectivity index (χ2n) is 6.38. The lowest BCUT2D eigenvalue weighted by molar-refractivity contribution is 0.0275. The van der Waals surface area contributed by atoms with Gasteiger partial charge in [0, 0.05) is 13.2 Å². The van der Waals surface area contributed by atoms with Crippen LogP contribution in [-0.2, 0) is 10.3 Å². The van der Waals surface area contributed by atoms with Crippen LogP contribution in [0.25, 0.3) is 0 Å². The number of hydrogen-bond donors (Lipinski definition) is 3. The highest BCUT2D eigenvalue weighted by Crippen LogP contribution is 2.22. The van der Waals surface area contributed by atoms with Crippen LogP contribution in [0.3, 0.4) is 0 Å². The summed E-state index contributed by atoms with van der Waals surface area (Å²) in [5.74, 6) is 0. The van der Waals surface area contributed by atoms with E-state index in [9.17, 15) is 9.90 Å². The van der Waals surface area contributed by atoms with Crippen LogP contribution in [0.4, 0.5) is 4.79 Å². The van der Waals surface area contributed by atoms with Crippen molar-refractivity contribution >= 4 is 17.4 Å². The number of thiophene rings is 1. The van der Waals surface area contributed by atoms with E-state index in [1.807, 2.05) is 16.8 Å². The van der Waals surface area contributed by atoms with Gasteiger partial charge in [-0.2, -0.15) is 11.3 Å². The number of hydrogen-bond acceptors (Lipinski definition) is 4. The van der Waals surface area contributed by atoms with Gasteiger partial charge in [0.15, 0.2) is 0 Å². The molecule has 1 fully saturated rings. The van der Waals surface area contributed by atoms with Crippen molar-refractivity contribution in [1.29, 1.82) is 0 Å². The fraction of sp³-hybridized carbons (Fsp3) is 0.706. The molecule has 0 aromatic carbocycles. The SMILES string of the molecule is CC(O)(CNC(=O)NCCCOC1CCCCC1)c1ccsc1. The van der Waals surface area contributed by atoms with E-state index in [0.717, 1.165) is 12.0 Å². The van der Waals surface area contributed by atoms with Gasteiger partial charge in [0.05, 0.1) is 12.6 Å². The van der Waals surface area contributed by atoms with Crippen LogP contribution < -0.4 is 10.6 Å². The normalized spacial score (nSPS) is 18.3. The van der Waals surface area contributed by atoms with Crippen molar-refractivity contribution < 1.29 is 14.6 Å². The van der Waals surface area contributed by atoms with Gasteiger partial charge in [-0.15, -0.1) is 0 Å². The molecular weight excluding hydrogens is 312 g/mol. The molecule has 3 N–H and O–H groups in total. The van der Waals surface area contributed by atoms with Gasteiger partial charge < -0.3 is 20.5 Å². The van der Waals surface area contributed by atoms with Crippen LogP contribution in [0, 0.1) is 0 Å². The highest BCUT2D eigenvalue weighted by Gasteiger charge is 2.24. The largest absolute Gasteiger partial charge is 0.384 e. The van der Waals surface area contributed by atoms with Gasteiger partial charge in [-0.05, 0) is 48.6 Å². The third-order valence-electron chi connectivity index (χ3n) is 4.25. The smallest absolute Gasteiger partial charge is 0.314 e. The maximum atomic E-state index is 11.8. The molecule has 5 nitrogen and oxygen atoms in total. The van der Waals surface area contributed by atoms with Crippen molar-refractivity contribution in [3.63, 3.8) is 0 Å². The van der Waals surface area contributed by atoms with Crippen molar-refractivity contribution in [1.82, 2.24) is 10.6 Å². The number of ether oxygens (including phenoxy) is 1. The molecule has 0 saturated heterocycles. The minimum Gasteiger partial charge on any atom is -0.384 e. The Morgan fingerprint density at radius 3 is 2.87 bits per heavy atom. The molecule has 23 heavy (non-hydrogen) atoms. The predicted molar refractivity (Wildman–Crippen MR) is 92.7 cm³/mol. The zero-order chi connectivity index (χ0) is 16.5. The molecule has 1 aliphatic rings. The Morgan fingerprint density at radius 1 is 1.39 bits per heavy atom. The maximum Gasteiger partial charge on any atom is 0.314 e. The van der Waals surface area contributed by atoms with Gasteiger partial charge in [0.2, 0.25) is 0 Å². The molecular formula is C17H28N2O3S. The van der Waals surface area contributed by atoms with Crippen molar-refractivity contribution in [2.75, 3.05) is 19.7 Å². The maximum absolute atomic E-state index is 11.8. The molecule has 2 amide bonds. The zero-order valence-electron chi connectivity index (χ0n) is 13.8. The summed E-state index contributed by atoms with van der Waals surface area (Å²) in [7, 11) is 0. The Hall–Kier alpha value is -1.11. The Kier molecular flexibility index (Phi) is 7.33. The molecule has 1 aliphatic carbocycles. The number of amides is 2. The predicted octanol–water partition coefficient (Wildman–Crippen LogP) is 2.99. The zero-order valence-corrected chi connectivity index (χ0v) is 14.7. The van der Waals surface area contributed by atoms with Gasteiger partial charge in [0.1, 0.15) is 5.60 Å². The number of carbonyl (C=O) groups is 1. The lowest BCUT2D eigenvalue weighted by Crippen LogP contribution is -2.43. The van der Waals surface area contributed by atoms with E-state index < -0.39 is 5.60 Å². The second-order valence-corrected chi connectivity index (χ2v) is 7.16. The molecule has 1 unspecified atom stereocenters. The van der Waals surface area contributed by atoms with E-state index in [1.54, 1.807) is 6.92 Å². The third kappa shape index (κ3) is 6.49. The molecule has 2 rings (SSSR count). The van der Waals surface area contributed by atoms with Gasteiger partial charge in [-0.3, -0.25) is 0 Å². The Labute approximate surface area is 142 Å². The molecule has 1 atom stereocenters. The molecule has 1 aromatic heterocycles. The van der Waals surface area contributed by atoms with Crippen LogP contribution in [0.15, 0.2) is 16.8 Å². The first-order valence-electron chi connectivity index (χ1n) is 8.46. The molecule has 0 radical (unpaired) electrons. The third-order valence-corrected chi connectivity index (χ3v) is 4.93. The number of carbonyl (C=O) groups excluding carboxylic acids is 1. The van der Waals surface area contributed by atoms with Crippen LogP contribution in [0.1, 0.15) is 51.0 Å². The van der Waals surface area contributed by atoms with Crippen LogP contribution in [0.2, 0.25) is 0 Å². The Bertz CT molecular complexity index is 456. The molecule has 0 bridgehead atoms. The molecule has 130 valence electrons. The van der Waals surface area contributed by atoms with E-state index >= 15 is 0 Å². The molecule has 0 aliphatic heterocycles. The highest BCUT2D eigenvalue weighted by atomic mass is 32.1. The number of aliphatic hydroxyl groups is 1. The molecule has 1 saturated carbocycles. The number of nitrogens with one attached hydrogen (secondary N) is 2. The summed E-state index contributed by atoms with van der Waals surface area (Å²) < 4.78 is 5.82. The first-order valence-corrected chi connectivity index (χ1v) is 9.40. The summed E-state index contributed by atoms with van der Waals surface area (Å²) in [5.41, 5.74) is -0.217. The van der Waals surface area contributed by atoms with Crippen LogP contribution in [0.5, 0.6) is 0 Å². The van der Waals surface area contributed by atoms with Crippen LogP contribution >= 0.6 is 11.3 Å². The molecule has 0 spiro atoms. The highest BCUT2D eigenvalue weighted by molar-refractivity contribution is 7.08. The van der Waals surface area contributed by atoms with Gasteiger partial charge in [0.25, 0.3) is 0 Å². The molecule has 1 heterocycles. The average molecular weight is 340 g/mol. The van der Waals surface area contributed by atoms with Gasteiger partial charge >= 0.3 is 6.03 Å². The standard InChI is InChI=1S/C17H28N2O3S/c1-17(21,14-8-11-23-12-14)13-19-16(20)18-9-5-10-22-15-6-3-2-4-7-15/h8,11-12,15,21H,2-7,9-10,13H2,1H3,(H2,18,19,20). The molecule has 6 heteroatoms. The van der Waals surface area contributed by atoms with Crippen molar-refractivity contribution in [2.24, 2.45) is 0 Å². The average Bonchev–Trinajstić information content (AvgIpc) is 3.09. The van der Waals surface area contributed by atoms with Gasteiger partial charge in [-0.25, -0.2) is 4.79 Å². The minimum absolute atomic E-state index is 0.189. The molecule has 1 aromatic rings. The topological polar surface area (TPSA) is 70.6 Å². The van der Waals surface area contributed by atoms with E-state index in [4.69, 9.17) is 4.74 Å². The Balaban J connectivity index is 1.53. The lowest BCUT2D eigenvalue weighted by Gasteiger charge is -2.23. The van der Waals surface area contributed by atoms with E-state index in [0.29, 0.717) is 19.3 Å². The lowest BCUT2D eigenvalue weighted by atomic mass is 9.98. The fourth-order valence-electron chi connectivity index (χ4n) is 2.74. The summed E-state index contributed by atoms with van der Waals surface area (Å²) in [6.07, 6.45) is 7.45. The van der Waals surface area contributed by atoms with Crippen molar-refractivity contribution in [3.8, 4) is 0 Å². The van der Waals surface area contributed by atoms with E-state index in [-0.39, 0.29) is 12.6 Å². The van der Waals surface area contributed by atoms with Crippen molar-refractivity contribution in [2.45, 2.75) is 57.2 Å². The second kappa shape index (κ2) is 9.25. The monoisotopic (exact) mass is 340 g/mol. The fourth-order valence-corrected chi connectivity index (χ4v) is 3.53. The quantitative estimate of drug-likeness (QED) is 0.637.